The minimum Gasteiger partial charge on any atom is -0.350 e. The Bertz CT molecular complexity index is 1180. The number of amides is 1. The molecule has 1 aromatic carbocycles. The molecule has 1 amide bonds. The first kappa shape index (κ1) is 24.5. The summed E-state index contributed by atoms with van der Waals surface area (Å²) in [6.07, 6.45) is 7.20. The molecule has 0 spiro atoms. The van der Waals surface area contributed by atoms with Crippen LogP contribution in [0.2, 0.25) is 0 Å². The molecule has 10 heteroatoms. The molecule has 10 nitrogen and oxygen atoms in total. The van der Waals surface area contributed by atoms with Crippen molar-refractivity contribution < 1.29 is 4.79 Å². The van der Waals surface area contributed by atoms with Gasteiger partial charge >= 0.3 is 0 Å². The summed E-state index contributed by atoms with van der Waals surface area (Å²) in [5.74, 6) is 1.58. The lowest BCUT2D eigenvalue weighted by Gasteiger charge is -2.24. The highest BCUT2D eigenvalue weighted by Crippen LogP contribution is 2.23. The minimum atomic E-state index is -0.116. The van der Waals surface area contributed by atoms with E-state index in [1.54, 1.807) is 4.52 Å². The first-order chi connectivity index (χ1) is 17.6. The van der Waals surface area contributed by atoms with Crippen LogP contribution in [0.3, 0.4) is 0 Å². The molecule has 5 N–H and O–H groups in total. The summed E-state index contributed by atoms with van der Waals surface area (Å²) in [6.45, 7) is 7.69. The van der Waals surface area contributed by atoms with Crippen molar-refractivity contribution in [2.45, 2.75) is 70.5 Å². The van der Waals surface area contributed by atoms with Crippen LogP contribution in [-0.4, -0.2) is 57.2 Å². The van der Waals surface area contributed by atoms with Gasteiger partial charge in [0.2, 0.25) is 17.8 Å². The van der Waals surface area contributed by atoms with E-state index >= 15 is 0 Å². The Morgan fingerprint density at radius 3 is 2.86 bits per heavy atom. The van der Waals surface area contributed by atoms with Crippen LogP contribution in [0.15, 0.2) is 30.5 Å². The highest BCUT2D eigenvalue weighted by atomic mass is 16.2. The molecule has 2 aliphatic rings. The van der Waals surface area contributed by atoms with Gasteiger partial charge in [0.25, 0.3) is 0 Å². The lowest BCUT2D eigenvalue weighted by Crippen LogP contribution is -2.43. The number of carbonyl (C=O) groups is 1. The number of piperidine rings is 2. The van der Waals surface area contributed by atoms with E-state index < -0.39 is 0 Å². The number of hydrogen-bond acceptors (Lipinski definition) is 8. The van der Waals surface area contributed by atoms with E-state index in [4.69, 9.17) is 9.97 Å². The van der Waals surface area contributed by atoms with Gasteiger partial charge in [-0.05, 0) is 62.4 Å². The second-order valence-electron chi connectivity index (χ2n) is 10.1. The SMILES string of the molecule is CC(C)c1cnn2c(NCc3cccc(NC(=O)C4CCCCN4)c3)nc(N[C@H]3CCCNC3)nc12. The number of hydrogen-bond donors (Lipinski definition) is 5. The van der Waals surface area contributed by atoms with Gasteiger partial charge in [-0.15, -0.1) is 0 Å². The van der Waals surface area contributed by atoms with Crippen molar-refractivity contribution >= 4 is 29.1 Å². The second-order valence-corrected chi connectivity index (χ2v) is 10.1. The van der Waals surface area contributed by atoms with Gasteiger partial charge in [-0.3, -0.25) is 4.79 Å². The van der Waals surface area contributed by atoms with E-state index in [1.807, 2.05) is 30.5 Å². The van der Waals surface area contributed by atoms with Crippen molar-refractivity contribution in [3.05, 3.63) is 41.6 Å². The van der Waals surface area contributed by atoms with Gasteiger partial charge in [-0.2, -0.15) is 19.6 Å². The summed E-state index contributed by atoms with van der Waals surface area (Å²) in [4.78, 5) is 22.2. The quantitative estimate of drug-likeness (QED) is 0.326. The molecule has 0 radical (unpaired) electrons. The molecule has 4 heterocycles. The summed E-state index contributed by atoms with van der Waals surface area (Å²) in [6, 6.07) is 8.12. The Balaban J connectivity index is 1.32. The number of fused-ring (bicyclic) bond motifs is 1. The number of anilines is 3. The molecule has 0 bridgehead atoms. The van der Waals surface area contributed by atoms with Gasteiger partial charge in [0.05, 0.1) is 12.2 Å². The lowest BCUT2D eigenvalue weighted by atomic mass is 10.0. The van der Waals surface area contributed by atoms with Gasteiger partial charge in [0, 0.05) is 30.4 Å². The van der Waals surface area contributed by atoms with E-state index in [2.05, 4.69) is 45.5 Å². The van der Waals surface area contributed by atoms with Crippen LogP contribution in [-0.2, 0) is 11.3 Å². The molecule has 0 aliphatic carbocycles. The van der Waals surface area contributed by atoms with Crippen LogP contribution in [0, 0.1) is 0 Å². The Labute approximate surface area is 212 Å². The molecule has 1 unspecified atom stereocenters. The summed E-state index contributed by atoms with van der Waals surface area (Å²) < 4.78 is 1.78. The van der Waals surface area contributed by atoms with Crippen molar-refractivity contribution in [2.24, 2.45) is 0 Å². The van der Waals surface area contributed by atoms with Gasteiger partial charge in [0.15, 0.2) is 5.65 Å². The Morgan fingerprint density at radius 2 is 2.08 bits per heavy atom. The zero-order valence-electron chi connectivity index (χ0n) is 21.2. The predicted octanol–water partition coefficient (Wildman–Crippen LogP) is 3.10. The van der Waals surface area contributed by atoms with Gasteiger partial charge < -0.3 is 26.6 Å². The monoisotopic (exact) mass is 491 g/mol. The molecule has 2 aromatic heterocycles. The Kier molecular flexibility index (Phi) is 7.62. The first-order valence-electron chi connectivity index (χ1n) is 13.2. The second kappa shape index (κ2) is 11.2. The maximum Gasteiger partial charge on any atom is 0.241 e. The maximum absolute atomic E-state index is 12.6. The average molecular weight is 492 g/mol. The fraction of sp³-hybridized carbons (Fsp3) is 0.538. The van der Waals surface area contributed by atoms with E-state index in [-0.39, 0.29) is 11.9 Å². The lowest BCUT2D eigenvalue weighted by molar-refractivity contribution is -0.118. The third-order valence-corrected chi connectivity index (χ3v) is 6.92. The van der Waals surface area contributed by atoms with Crippen molar-refractivity contribution in [3.8, 4) is 0 Å². The van der Waals surface area contributed by atoms with Gasteiger partial charge in [-0.1, -0.05) is 32.4 Å². The molecule has 36 heavy (non-hydrogen) atoms. The summed E-state index contributed by atoms with van der Waals surface area (Å²) >= 11 is 0. The average Bonchev–Trinajstić information content (AvgIpc) is 3.33. The van der Waals surface area contributed by atoms with Crippen molar-refractivity contribution in [3.63, 3.8) is 0 Å². The molecule has 3 aromatic rings. The number of nitrogens with zero attached hydrogens (tertiary/aromatic N) is 4. The van der Waals surface area contributed by atoms with E-state index in [1.165, 1.54) is 0 Å². The van der Waals surface area contributed by atoms with E-state index in [9.17, 15) is 4.79 Å². The smallest absolute Gasteiger partial charge is 0.241 e. The van der Waals surface area contributed by atoms with Gasteiger partial charge in [0.1, 0.15) is 0 Å². The molecule has 2 aliphatic heterocycles. The first-order valence-corrected chi connectivity index (χ1v) is 13.2. The number of benzene rings is 1. The molecular weight excluding hydrogens is 454 g/mol. The fourth-order valence-corrected chi connectivity index (χ4v) is 4.88. The highest BCUT2D eigenvalue weighted by Gasteiger charge is 2.21. The Morgan fingerprint density at radius 1 is 1.17 bits per heavy atom. The third kappa shape index (κ3) is 5.76. The van der Waals surface area contributed by atoms with Crippen molar-refractivity contribution in [1.82, 2.24) is 30.2 Å². The van der Waals surface area contributed by atoms with Crippen LogP contribution in [0.4, 0.5) is 17.6 Å². The molecule has 192 valence electrons. The van der Waals surface area contributed by atoms with E-state index in [0.29, 0.717) is 30.4 Å². The van der Waals surface area contributed by atoms with Crippen molar-refractivity contribution in [1.29, 1.82) is 0 Å². The molecule has 2 atom stereocenters. The minimum absolute atomic E-state index is 0.0305. The molecule has 2 saturated heterocycles. The third-order valence-electron chi connectivity index (χ3n) is 6.92. The van der Waals surface area contributed by atoms with Crippen LogP contribution in [0.25, 0.3) is 5.65 Å². The normalized spacial score (nSPS) is 20.4. The number of carbonyl (C=O) groups excluding carboxylic acids is 1. The standard InChI is InChI=1S/C26H37N9O/c1-17(2)21-16-30-35-23(21)33-25(32-20-9-6-11-27-15-20)34-26(35)29-14-18-7-5-8-19(13-18)31-24(36)22-10-3-4-12-28-22/h5,7-8,13,16-17,20,22,27-28H,3-4,6,9-12,14-15H2,1-2H3,(H,31,36)(H2,29,32,33,34)/t20-,22?/m0/s1. The Hall–Kier alpha value is -3.24. The van der Waals surface area contributed by atoms with Crippen LogP contribution in [0.5, 0.6) is 0 Å². The van der Waals surface area contributed by atoms with Crippen molar-refractivity contribution in [2.75, 3.05) is 35.6 Å². The number of rotatable bonds is 8. The zero-order chi connectivity index (χ0) is 24.9. The summed E-state index contributed by atoms with van der Waals surface area (Å²) in [5, 5.41) is 21.3. The fourth-order valence-electron chi connectivity index (χ4n) is 4.88. The summed E-state index contributed by atoms with van der Waals surface area (Å²) in [7, 11) is 0. The number of aromatic nitrogens is 4. The highest BCUT2D eigenvalue weighted by molar-refractivity contribution is 5.94. The molecule has 0 saturated carbocycles. The maximum atomic E-state index is 12.6. The summed E-state index contributed by atoms with van der Waals surface area (Å²) in [5.41, 5.74) is 3.74. The van der Waals surface area contributed by atoms with Gasteiger partial charge in [-0.25, -0.2) is 0 Å². The zero-order valence-corrected chi connectivity index (χ0v) is 21.2. The predicted molar refractivity (Wildman–Crippen MR) is 142 cm³/mol. The van der Waals surface area contributed by atoms with Crippen LogP contribution >= 0.6 is 0 Å². The topological polar surface area (TPSA) is 120 Å². The molecular formula is C26H37N9O. The number of nitrogens with one attached hydrogen (secondary N) is 5. The molecule has 2 fully saturated rings. The molecule has 5 rings (SSSR count). The largest absolute Gasteiger partial charge is 0.350 e. The van der Waals surface area contributed by atoms with Crippen LogP contribution in [0.1, 0.15) is 63.0 Å². The van der Waals surface area contributed by atoms with E-state index in [0.717, 1.165) is 74.2 Å². The van der Waals surface area contributed by atoms with Crippen LogP contribution < -0.4 is 26.6 Å².